The number of nitrogens with zero attached hydrogens (tertiary/aromatic N) is 7. The Kier molecular flexibility index (Phi) is 4.65. The first-order valence-corrected chi connectivity index (χ1v) is 9.61. The van der Waals surface area contributed by atoms with Gasteiger partial charge >= 0.3 is 0 Å². The van der Waals surface area contributed by atoms with Crippen molar-refractivity contribution in [2.75, 3.05) is 0 Å². The van der Waals surface area contributed by atoms with Gasteiger partial charge in [0.1, 0.15) is 0 Å². The van der Waals surface area contributed by atoms with Gasteiger partial charge in [0.25, 0.3) is 5.69 Å². The van der Waals surface area contributed by atoms with Crippen LogP contribution in [0.5, 0.6) is 0 Å². The number of aromatic nitrogens is 6. The Balaban J connectivity index is 2.17. The van der Waals surface area contributed by atoms with Gasteiger partial charge in [-0.2, -0.15) is 5.10 Å². The third kappa shape index (κ3) is 3.67. The van der Waals surface area contributed by atoms with Crippen LogP contribution in [0.1, 0.15) is 79.5 Å². The molecule has 3 rings (SSSR count). The van der Waals surface area contributed by atoms with Crippen molar-refractivity contribution in [1.29, 1.82) is 0 Å². The zero-order valence-corrected chi connectivity index (χ0v) is 18.6. The summed E-state index contributed by atoms with van der Waals surface area (Å²) in [5.74, 6) is 1.09. The van der Waals surface area contributed by atoms with Crippen LogP contribution in [-0.2, 0) is 16.2 Å². The number of aromatic amines is 2. The molecule has 0 fully saturated rings. The first-order valence-electron chi connectivity index (χ1n) is 9.61. The molecule has 0 saturated carbocycles. The van der Waals surface area contributed by atoms with Crippen molar-refractivity contribution < 1.29 is 0 Å². The summed E-state index contributed by atoms with van der Waals surface area (Å²) in [7, 11) is 0. The first kappa shape index (κ1) is 20.7. The lowest BCUT2D eigenvalue weighted by Gasteiger charge is -2.18. The Labute approximate surface area is 170 Å². The number of rotatable bonds is 2. The van der Waals surface area contributed by atoms with Gasteiger partial charge in [-0.05, 0) is 5.41 Å². The highest BCUT2D eigenvalue weighted by Crippen LogP contribution is 2.40. The van der Waals surface area contributed by atoms with Crippen molar-refractivity contribution in [3.63, 3.8) is 0 Å². The summed E-state index contributed by atoms with van der Waals surface area (Å²) in [6, 6.07) is 0. The largest absolute Gasteiger partial charge is 0.292 e. The molecule has 3 heterocycles. The van der Waals surface area contributed by atoms with E-state index in [4.69, 9.17) is 6.57 Å². The SMILES string of the molecule is [C-]#[N+]c1c(N=Nc2c(C(C)(C)C)[nH]n3c(C(C)(C)C)nnc23)n[nH]c1C(C)(C)C. The van der Waals surface area contributed by atoms with Crippen LogP contribution >= 0.6 is 0 Å². The average Bonchev–Trinajstić information content (AvgIpc) is 3.23. The van der Waals surface area contributed by atoms with Crippen molar-refractivity contribution in [2.24, 2.45) is 10.2 Å². The molecular formula is C20H29N9. The number of H-pyrrole nitrogens is 2. The van der Waals surface area contributed by atoms with E-state index in [2.05, 4.69) is 82.1 Å². The summed E-state index contributed by atoms with van der Waals surface area (Å²) in [5, 5.41) is 28.1. The number of nitrogens with one attached hydrogen (secondary N) is 2. The average molecular weight is 396 g/mol. The molecule has 0 atom stereocenters. The smallest absolute Gasteiger partial charge is 0.255 e. The van der Waals surface area contributed by atoms with Crippen LogP contribution < -0.4 is 0 Å². The Hall–Kier alpha value is -3.02. The second-order valence-corrected chi connectivity index (χ2v) is 10.4. The van der Waals surface area contributed by atoms with E-state index in [9.17, 15) is 0 Å². The van der Waals surface area contributed by atoms with Crippen molar-refractivity contribution in [3.8, 4) is 0 Å². The fraction of sp³-hybridized carbons (Fsp3) is 0.600. The van der Waals surface area contributed by atoms with Gasteiger partial charge in [-0.3, -0.25) is 10.2 Å². The van der Waals surface area contributed by atoms with Crippen molar-refractivity contribution >= 4 is 22.8 Å². The Morgan fingerprint density at radius 3 is 2.00 bits per heavy atom. The fourth-order valence-corrected chi connectivity index (χ4v) is 3.05. The molecule has 0 amide bonds. The van der Waals surface area contributed by atoms with E-state index in [-0.39, 0.29) is 22.1 Å². The zero-order valence-electron chi connectivity index (χ0n) is 18.6. The number of azo groups is 1. The van der Waals surface area contributed by atoms with Crippen molar-refractivity contribution in [3.05, 3.63) is 28.6 Å². The molecule has 0 aromatic carbocycles. The predicted molar refractivity (Wildman–Crippen MR) is 112 cm³/mol. The molecule has 154 valence electrons. The number of hydrogen-bond acceptors (Lipinski definition) is 5. The standard InChI is InChI=1S/C20H29N9/c1-18(2,3)13-11(21-10)15(25-23-13)24-22-12-14(19(4,5)6)28-29-16(12)26-27-17(29)20(7,8)9/h28H,1-9H3,(H,23,25). The predicted octanol–water partition coefficient (Wildman–Crippen LogP) is 5.64. The Morgan fingerprint density at radius 2 is 1.48 bits per heavy atom. The monoisotopic (exact) mass is 395 g/mol. The van der Waals surface area contributed by atoms with E-state index in [0.717, 1.165) is 17.2 Å². The van der Waals surface area contributed by atoms with Crippen LogP contribution in [0.4, 0.5) is 17.2 Å². The molecule has 3 aromatic heterocycles. The molecule has 0 unspecified atom stereocenters. The highest BCUT2D eigenvalue weighted by molar-refractivity contribution is 5.70. The van der Waals surface area contributed by atoms with Gasteiger partial charge in [0.15, 0.2) is 11.5 Å². The van der Waals surface area contributed by atoms with Gasteiger partial charge < -0.3 is 0 Å². The Morgan fingerprint density at radius 1 is 0.862 bits per heavy atom. The summed E-state index contributed by atoms with van der Waals surface area (Å²) in [4.78, 5) is 3.63. The molecule has 2 N–H and O–H groups in total. The van der Waals surface area contributed by atoms with E-state index >= 15 is 0 Å². The van der Waals surface area contributed by atoms with Gasteiger partial charge in [0.05, 0.1) is 12.3 Å². The van der Waals surface area contributed by atoms with Crippen LogP contribution in [0.2, 0.25) is 0 Å². The molecule has 0 spiro atoms. The molecule has 9 nitrogen and oxygen atoms in total. The van der Waals surface area contributed by atoms with Gasteiger partial charge in [0, 0.05) is 16.5 Å². The normalized spacial score (nSPS) is 13.5. The van der Waals surface area contributed by atoms with E-state index in [1.165, 1.54) is 0 Å². The van der Waals surface area contributed by atoms with Gasteiger partial charge in [-0.25, -0.2) is 9.36 Å². The third-order valence-corrected chi connectivity index (χ3v) is 4.58. The summed E-state index contributed by atoms with van der Waals surface area (Å²) < 4.78 is 1.87. The minimum absolute atomic E-state index is 0.186. The maximum Gasteiger partial charge on any atom is 0.255 e. The molecule has 0 aliphatic carbocycles. The summed E-state index contributed by atoms with van der Waals surface area (Å²) in [6.07, 6.45) is 0. The maximum atomic E-state index is 7.55. The highest BCUT2D eigenvalue weighted by Gasteiger charge is 2.30. The minimum Gasteiger partial charge on any atom is -0.292 e. The second-order valence-electron chi connectivity index (χ2n) is 10.4. The van der Waals surface area contributed by atoms with E-state index in [1.807, 2.05) is 25.3 Å². The third-order valence-electron chi connectivity index (χ3n) is 4.58. The lowest BCUT2D eigenvalue weighted by atomic mass is 9.91. The van der Waals surface area contributed by atoms with Crippen molar-refractivity contribution in [2.45, 2.75) is 78.6 Å². The quantitative estimate of drug-likeness (QED) is 0.433. The molecule has 29 heavy (non-hydrogen) atoms. The molecule has 0 aliphatic heterocycles. The van der Waals surface area contributed by atoms with E-state index in [0.29, 0.717) is 17.0 Å². The van der Waals surface area contributed by atoms with Gasteiger partial charge in [0.2, 0.25) is 11.5 Å². The lowest BCUT2D eigenvalue weighted by molar-refractivity contribution is 0.514. The van der Waals surface area contributed by atoms with E-state index < -0.39 is 0 Å². The van der Waals surface area contributed by atoms with Crippen molar-refractivity contribution in [1.82, 2.24) is 30.0 Å². The second kappa shape index (κ2) is 6.51. The lowest BCUT2D eigenvalue weighted by Crippen LogP contribution is -2.18. The molecular weight excluding hydrogens is 366 g/mol. The zero-order chi connectivity index (χ0) is 21.8. The molecule has 0 bridgehead atoms. The summed E-state index contributed by atoms with van der Waals surface area (Å²) in [5.41, 5.74) is 2.61. The highest BCUT2D eigenvalue weighted by atomic mass is 15.4. The molecule has 3 aromatic rings. The van der Waals surface area contributed by atoms with Gasteiger partial charge in [-0.15, -0.1) is 20.4 Å². The maximum absolute atomic E-state index is 7.55. The summed E-state index contributed by atoms with van der Waals surface area (Å²) >= 11 is 0. The first-order chi connectivity index (χ1) is 13.2. The van der Waals surface area contributed by atoms with E-state index in [1.54, 1.807) is 0 Å². The Bertz CT molecular complexity index is 1110. The topological polar surface area (TPSA) is 104 Å². The summed E-state index contributed by atoms with van der Waals surface area (Å²) in [6.45, 7) is 26.2. The fourth-order valence-electron chi connectivity index (χ4n) is 3.05. The molecule has 9 heteroatoms. The van der Waals surface area contributed by atoms with Crippen LogP contribution in [0.15, 0.2) is 10.2 Å². The van der Waals surface area contributed by atoms with Gasteiger partial charge in [-0.1, -0.05) is 62.3 Å². The van der Waals surface area contributed by atoms with Crippen LogP contribution in [0.3, 0.4) is 0 Å². The van der Waals surface area contributed by atoms with Crippen LogP contribution in [-0.4, -0.2) is 30.0 Å². The minimum atomic E-state index is -0.243. The number of hydrogen-bond donors (Lipinski definition) is 2. The molecule has 0 radical (unpaired) electrons. The van der Waals surface area contributed by atoms with Crippen LogP contribution in [0.25, 0.3) is 10.5 Å². The number of fused-ring (bicyclic) bond motifs is 1. The molecule has 0 aliphatic rings. The van der Waals surface area contributed by atoms with Crippen LogP contribution in [0, 0.1) is 6.57 Å². The molecule has 0 saturated heterocycles.